The van der Waals surface area contributed by atoms with E-state index in [-0.39, 0.29) is 17.2 Å². The van der Waals surface area contributed by atoms with Crippen molar-refractivity contribution in [3.8, 4) is 28.5 Å². The minimum absolute atomic E-state index is 0.0919. The number of aromatic hydroxyl groups is 1. The van der Waals surface area contributed by atoms with Gasteiger partial charge < -0.3 is 14.7 Å². The smallest absolute Gasteiger partial charge is 0.312 e. The minimum atomic E-state index is -0.447. The predicted molar refractivity (Wildman–Crippen MR) is 101 cm³/mol. The molecule has 0 amide bonds. The number of aromatic nitrogens is 2. The van der Waals surface area contributed by atoms with Crippen LogP contribution in [0.5, 0.6) is 17.2 Å². The Morgan fingerprint density at radius 2 is 2.04 bits per heavy atom. The summed E-state index contributed by atoms with van der Waals surface area (Å²) in [5.41, 5.74) is 1.92. The van der Waals surface area contributed by atoms with E-state index >= 15 is 0 Å². The third kappa shape index (κ3) is 2.78. The Morgan fingerprint density at radius 3 is 2.74 bits per heavy atom. The summed E-state index contributed by atoms with van der Waals surface area (Å²) in [5.74, 6) is 0.752. The van der Waals surface area contributed by atoms with E-state index in [1.807, 2.05) is 4.68 Å². The van der Waals surface area contributed by atoms with Gasteiger partial charge in [-0.2, -0.15) is 5.10 Å². The van der Waals surface area contributed by atoms with E-state index in [0.29, 0.717) is 28.9 Å². The molecule has 0 unspecified atom stereocenters. The quantitative estimate of drug-likeness (QED) is 0.411. The minimum Gasteiger partial charge on any atom is -0.508 e. The summed E-state index contributed by atoms with van der Waals surface area (Å²) in [7, 11) is 0. The van der Waals surface area contributed by atoms with Gasteiger partial charge in [0.05, 0.1) is 22.4 Å². The number of phenolic OH excluding ortho intramolecular Hbond substituents is 1. The molecular weight excluding hydrogens is 348 g/mol. The van der Waals surface area contributed by atoms with Crippen molar-refractivity contribution in [3.05, 3.63) is 40.4 Å². The molecule has 1 aliphatic rings. The zero-order chi connectivity index (χ0) is 19.1. The van der Waals surface area contributed by atoms with Gasteiger partial charge in [0.2, 0.25) is 5.75 Å². The molecule has 0 aliphatic carbocycles. The Kier molecular flexibility index (Phi) is 4.19. The molecule has 0 saturated carbocycles. The molecule has 8 nitrogen and oxygen atoms in total. The molecule has 0 radical (unpaired) electrons. The Morgan fingerprint density at radius 1 is 1.26 bits per heavy atom. The standard InChI is InChI=1S/C19H20N4O4/c1-3-21(4-2)9-10-22-14-6-7-15(23(25)26)19-17(14)18(20-22)13-11-12(24)5-8-16(13)27-19/h5-8,11,24H,3-4,9-10H2,1-2H3. The third-order valence-electron chi connectivity index (χ3n) is 5.00. The van der Waals surface area contributed by atoms with Crippen molar-refractivity contribution in [2.45, 2.75) is 20.4 Å². The molecule has 8 heteroatoms. The highest BCUT2D eigenvalue weighted by atomic mass is 16.6. The molecule has 2 heterocycles. The Balaban J connectivity index is 1.90. The van der Waals surface area contributed by atoms with Crippen LogP contribution in [-0.2, 0) is 6.54 Å². The average Bonchev–Trinajstić information content (AvgIpc) is 3.03. The highest BCUT2D eigenvalue weighted by Crippen LogP contribution is 2.50. The van der Waals surface area contributed by atoms with Gasteiger partial charge in [0.15, 0.2) is 0 Å². The first kappa shape index (κ1) is 17.3. The highest BCUT2D eigenvalue weighted by Gasteiger charge is 2.31. The van der Waals surface area contributed by atoms with Gasteiger partial charge >= 0.3 is 5.69 Å². The molecule has 2 aromatic carbocycles. The number of nitro benzene ring substituents is 1. The van der Waals surface area contributed by atoms with Gasteiger partial charge in [-0.3, -0.25) is 14.8 Å². The Hall–Kier alpha value is -3.13. The van der Waals surface area contributed by atoms with Crippen LogP contribution in [0.2, 0.25) is 0 Å². The van der Waals surface area contributed by atoms with Gasteiger partial charge in [-0.25, -0.2) is 0 Å². The first-order valence-electron chi connectivity index (χ1n) is 8.95. The predicted octanol–water partition coefficient (Wildman–Crippen LogP) is 3.76. The van der Waals surface area contributed by atoms with Gasteiger partial charge in [-0.1, -0.05) is 13.8 Å². The van der Waals surface area contributed by atoms with Crippen LogP contribution in [0, 0.1) is 10.1 Å². The van der Waals surface area contributed by atoms with E-state index in [9.17, 15) is 15.2 Å². The molecule has 1 aromatic heterocycles. The fourth-order valence-corrected chi connectivity index (χ4v) is 3.51. The van der Waals surface area contributed by atoms with E-state index in [2.05, 4.69) is 18.7 Å². The van der Waals surface area contributed by atoms with Crippen molar-refractivity contribution >= 4 is 16.6 Å². The monoisotopic (exact) mass is 368 g/mol. The molecule has 0 bridgehead atoms. The van der Waals surface area contributed by atoms with Gasteiger partial charge in [-0.05, 0) is 37.4 Å². The molecule has 0 saturated heterocycles. The molecule has 4 rings (SSSR count). The molecule has 0 atom stereocenters. The molecule has 27 heavy (non-hydrogen) atoms. The summed E-state index contributed by atoms with van der Waals surface area (Å²) in [6, 6.07) is 7.85. The number of ether oxygens (including phenoxy) is 1. The average molecular weight is 368 g/mol. The molecule has 0 fully saturated rings. The molecule has 1 aliphatic heterocycles. The lowest BCUT2D eigenvalue weighted by Crippen LogP contribution is -2.27. The maximum absolute atomic E-state index is 11.5. The summed E-state index contributed by atoms with van der Waals surface area (Å²) in [4.78, 5) is 13.3. The van der Waals surface area contributed by atoms with Crippen molar-refractivity contribution in [2.24, 2.45) is 0 Å². The van der Waals surface area contributed by atoms with Crippen molar-refractivity contribution < 1.29 is 14.8 Å². The Labute approximate surface area is 155 Å². The van der Waals surface area contributed by atoms with Crippen LogP contribution >= 0.6 is 0 Å². The lowest BCUT2D eigenvalue weighted by molar-refractivity contribution is -0.385. The molecule has 3 aromatic rings. The number of rotatable bonds is 6. The van der Waals surface area contributed by atoms with Crippen molar-refractivity contribution in [2.75, 3.05) is 19.6 Å². The summed E-state index contributed by atoms with van der Waals surface area (Å²) >= 11 is 0. The fourth-order valence-electron chi connectivity index (χ4n) is 3.51. The second-order valence-electron chi connectivity index (χ2n) is 6.45. The molecule has 0 spiro atoms. The summed E-state index contributed by atoms with van der Waals surface area (Å²) in [6.45, 7) is 7.59. The van der Waals surface area contributed by atoms with Gasteiger partial charge in [0.1, 0.15) is 17.2 Å². The van der Waals surface area contributed by atoms with Crippen LogP contribution in [0.15, 0.2) is 30.3 Å². The first-order valence-corrected chi connectivity index (χ1v) is 8.95. The van der Waals surface area contributed by atoms with E-state index < -0.39 is 4.92 Å². The number of phenols is 1. The normalized spacial score (nSPS) is 12.3. The lowest BCUT2D eigenvalue weighted by atomic mass is 10.0. The zero-order valence-electron chi connectivity index (χ0n) is 15.2. The SMILES string of the molecule is CCN(CC)CCn1nc2c3c(c([N+](=O)[O-])ccc31)Oc1ccc(O)cc1-2. The number of fused-ring (bicyclic) bond motifs is 2. The highest BCUT2D eigenvalue weighted by molar-refractivity contribution is 6.03. The Bertz CT molecular complexity index is 1040. The van der Waals surface area contributed by atoms with Crippen molar-refractivity contribution in [1.29, 1.82) is 0 Å². The van der Waals surface area contributed by atoms with Crippen LogP contribution in [0.3, 0.4) is 0 Å². The number of hydrogen-bond acceptors (Lipinski definition) is 6. The second kappa shape index (κ2) is 6.55. The van der Waals surface area contributed by atoms with Crippen molar-refractivity contribution in [1.82, 2.24) is 14.7 Å². The maximum Gasteiger partial charge on any atom is 0.312 e. The fraction of sp³-hybridized carbons (Fsp3) is 0.316. The van der Waals surface area contributed by atoms with Gasteiger partial charge in [0.25, 0.3) is 0 Å². The lowest BCUT2D eigenvalue weighted by Gasteiger charge is -2.17. The third-order valence-corrected chi connectivity index (χ3v) is 5.00. The van der Waals surface area contributed by atoms with E-state index in [1.165, 1.54) is 12.1 Å². The summed E-state index contributed by atoms with van der Waals surface area (Å²) < 4.78 is 7.72. The summed E-state index contributed by atoms with van der Waals surface area (Å²) in [6.07, 6.45) is 0. The van der Waals surface area contributed by atoms with Gasteiger partial charge in [0, 0.05) is 18.2 Å². The van der Waals surface area contributed by atoms with E-state index in [0.717, 1.165) is 25.2 Å². The number of nitro groups is 1. The molecular formula is C19H20N4O4. The van der Waals surface area contributed by atoms with Crippen LogP contribution in [-0.4, -0.2) is 44.3 Å². The number of likely N-dealkylation sites (N-methyl/N-ethyl adjacent to an activating group) is 1. The van der Waals surface area contributed by atoms with Gasteiger partial charge in [-0.15, -0.1) is 0 Å². The van der Waals surface area contributed by atoms with E-state index in [4.69, 9.17) is 9.84 Å². The van der Waals surface area contributed by atoms with Crippen LogP contribution in [0.4, 0.5) is 5.69 Å². The molecule has 140 valence electrons. The number of benzene rings is 2. The van der Waals surface area contributed by atoms with Crippen molar-refractivity contribution in [3.63, 3.8) is 0 Å². The zero-order valence-corrected chi connectivity index (χ0v) is 15.2. The number of nitrogens with zero attached hydrogens (tertiary/aromatic N) is 4. The van der Waals surface area contributed by atoms with Crippen LogP contribution in [0.25, 0.3) is 22.2 Å². The molecule has 1 N–H and O–H groups in total. The second-order valence-corrected chi connectivity index (χ2v) is 6.45. The number of hydrogen-bond donors (Lipinski definition) is 1. The summed E-state index contributed by atoms with van der Waals surface area (Å²) in [5, 5.41) is 26.7. The van der Waals surface area contributed by atoms with Crippen LogP contribution in [0.1, 0.15) is 13.8 Å². The largest absolute Gasteiger partial charge is 0.508 e. The van der Waals surface area contributed by atoms with E-state index in [1.54, 1.807) is 18.2 Å². The first-order chi connectivity index (χ1) is 13.0. The topological polar surface area (TPSA) is 93.7 Å². The maximum atomic E-state index is 11.5. The van der Waals surface area contributed by atoms with Crippen LogP contribution < -0.4 is 4.74 Å².